The fraction of sp³-hybridized carbons (Fsp3) is 0.600. The first-order chi connectivity index (χ1) is 8.45. The van der Waals surface area contributed by atoms with Gasteiger partial charge in [0.05, 0.1) is 0 Å². The summed E-state index contributed by atoms with van der Waals surface area (Å²) in [5, 5.41) is 3.50. The molecule has 0 spiro atoms. The topological polar surface area (TPSA) is 15.3 Å². The van der Waals surface area contributed by atoms with E-state index in [2.05, 4.69) is 34.5 Å². The van der Waals surface area contributed by atoms with E-state index in [0.717, 1.165) is 6.54 Å². The SMILES string of the molecule is Cl.c1ccc2c(c1)CCCC2N1CCCNCC1. The Morgan fingerprint density at radius 1 is 1.06 bits per heavy atom. The minimum Gasteiger partial charge on any atom is -0.315 e. The van der Waals surface area contributed by atoms with E-state index in [-0.39, 0.29) is 12.4 Å². The molecule has 3 heteroatoms. The molecule has 100 valence electrons. The summed E-state index contributed by atoms with van der Waals surface area (Å²) in [6.45, 7) is 4.80. The number of hydrogen-bond acceptors (Lipinski definition) is 2. The van der Waals surface area contributed by atoms with E-state index >= 15 is 0 Å². The van der Waals surface area contributed by atoms with Crippen LogP contribution in [0.5, 0.6) is 0 Å². The van der Waals surface area contributed by atoms with Crippen LogP contribution in [0.15, 0.2) is 24.3 Å². The van der Waals surface area contributed by atoms with E-state index in [1.807, 2.05) is 0 Å². The third kappa shape index (κ3) is 2.87. The second kappa shape index (κ2) is 6.55. The molecular formula is C15H23ClN2. The zero-order valence-electron chi connectivity index (χ0n) is 10.9. The first-order valence-electron chi connectivity index (χ1n) is 6.98. The first-order valence-corrected chi connectivity index (χ1v) is 6.98. The Labute approximate surface area is 116 Å². The Morgan fingerprint density at radius 3 is 2.89 bits per heavy atom. The Morgan fingerprint density at radius 2 is 1.94 bits per heavy atom. The molecule has 2 nitrogen and oxygen atoms in total. The smallest absolute Gasteiger partial charge is 0.0351 e. The van der Waals surface area contributed by atoms with E-state index in [4.69, 9.17) is 0 Å². The largest absolute Gasteiger partial charge is 0.315 e. The van der Waals surface area contributed by atoms with Crippen LogP contribution in [0.3, 0.4) is 0 Å². The second-order valence-electron chi connectivity index (χ2n) is 5.25. The van der Waals surface area contributed by atoms with Gasteiger partial charge in [-0.3, -0.25) is 4.90 Å². The lowest BCUT2D eigenvalue weighted by atomic mass is 9.87. The van der Waals surface area contributed by atoms with Gasteiger partial charge in [-0.25, -0.2) is 0 Å². The molecular weight excluding hydrogens is 244 g/mol. The van der Waals surface area contributed by atoms with Crippen LogP contribution in [0.25, 0.3) is 0 Å². The minimum atomic E-state index is 0. The van der Waals surface area contributed by atoms with Gasteiger partial charge < -0.3 is 5.32 Å². The molecule has 0 aromatic heterocycles. The zero-order valence-corrected chi connectivity index (χ0v) is 11.7. The van der Waals surface area contributed by atoms with E-state index in [1.165, 1.54) is 45.3 Å². The van der Waals surface area contributed by atoms with Crippen molar-refractivity contribution in [1.82, 2.24) is 10.2 Å². The summed E-state index contributed by atoms with van der Waals surface area (Å²) in [6, 6.07) is 9.73. The number of aryl methyl sites for hydroxylation is 1. The van der Waals surface area contributed by atoms with Crippen molar-refractivity contribution in [3.8, 4) is 0 Å². The monoisotopic (exact) mass is 266 g/mol. The first kappa shape index (κ1) is 13.9. The average molecular weight is 267 g/mol. The molecule has 1 aliphatic carbocycles. The number of hydrogen-bond donors (Lipinski definition) is 1. The summed E-state index contributed by atoms with van der Waals surface area (Å²) >= 11 is 0. The third-order valence-electron chi connectivity index (χ3n) is 4.15. The minimum absolute atomic E-state index is 0. The fourth-order valence-corrected chi connectivity index (χ4v) is 3.29. The molecule has 0 saturated carbocycles. The van der Waals surface area contributed by atoms with Crippen molar-refractivity contribution in [2.24, 2.45) is 0 Å². The van der Waals surface area contributed by atoms with Gasteiger partial charge >= 0.3 is 0 Å². The van der Waals surface area contributed by atoms with Crippen LogP contribution in [0.2, 0.25) is 0 Å². The molecule has 0 radical (unpaired) electrons. The van der Waals surface area contributed by atoms with Gasteiger partial charge in [-0.2, -0.15) is 0 Å². The van der Waals surface area contributed by atoms with Gasteiger partial charge in [0.1, 0.15) is 0 Å². The molecule has 1 aromatic rings. The zero-order chi connectivity index (χ0) is 11.5. The van der Waals surface area contributed by atoms with Gasteiger partial charge in [0, 0.05) is 25.7 Å². The highest BCUT2D eigenvalue weighted by Gasteiger charge is 2.25. The normalized spacial score (nSPS) is 24.8. The molecule has 1 aromatic carbocycles. The number of benzene rings is 1. The average Bonchev–Trinajstić information content (AvgIpc) is 2.67. The molecule has 1 unspecified atom stereocenters. The highest BCUT2D eigenvalue weighted by atomic mass is 35.5. The fourth-order valence-electron chi connectivity index (χ4n) is 3.29. The summed E-state index contributed by atoms with van der Waals surface area (Å²) in [5.74, 6) is 0. The van der Waals surface area contributed by atoms with Crippen LogP contribution in [-0.4, -0.2) is 31.1 Å². The Bertz CT molecular complexity index is 373. The number of rotatable bonds is 1. The highest BCUT2D eigenvalue weighted by molar-refractivity contribution is 5.85. The van der Waals surface area contributed by atoms with Gasteiger partial charge in [-0.15, -0.1) is 12.4 Å². The van der Waals surface area contributed by atoms with E-state index in [1.54, 1.807) is 11.1 Å². The molecule has 18 heavy (non-hydrogen) atoms. The third-order valence-corrected chi connectivity index (χ3v) is 4.15. The molecule has 1 heterocycles. The summed E-state index contributed by atoms with van der Waals surface area (Å²) in [5.41, 5.74) is 3.18. The summed E-state index contributed by atoms with van der Waals surface area (Å²) < 4.78 is 0. The summed E-state index contributed by atoms with van der Waals surface area (Å²) in [4.78, 5) is 2.69. The maximum absolute atomic E-state index is 3.50. The van der Waals surface area contributed by atoms with E-state index in [0.29, 0.717) is 6.04 Å². The Balaban J connectivity index is 0.00000120. The predicted octanol–water partition coefficient (Wildman–Crippen LogP) is 2.78. The van der Waals surface area contributed by atoms with Gasteiger partial charge in [-0.05, 0) is 43.4 Å². The van der Waals surface area contributed by atoms with Crippen LogP contribution in [-0.2, 0) is 6.42 Å². The van der Waals surface area contributed by atoms with Gasteiger partial charge in [0.15, 0.2) is 0 Å². The molecule has 1 aliphatic heterocycles. The van der Waals surface area contributed by atoms with Crippen molar-refractivity contribution in [2.75, 3.05) is 26.2 Å². The van der Waals surface area contributed by atoms with E-state index < -0.39 is 0 Å². The summed E-state index contributed by atoms with van der Waals surface area (Å²) in [7, 11) is 0. The molecule has 1 N–H and O–H groups in total. The maximum atomic E-state index is 3.50. The van der Waals surface area contributed by atoms with Crippen molar-refractivity contribution in [3.05, 3.63) is 35.4 Å². The van der Waals surface area contributed by atoms with Crippen LogP contribution < -0.4 is 5.32 Å². The lowest BCUT2D eigenvalue weighted by Crippen LogP contribution is -2.34. The lowest BCUT2D eigenvalue weighted by Gasteiger charge is -2.35. The predicted molar refractivity (Wildman–Crippen MR) is 78.4 cm³/mol. The standard InChI is InChI=1S/C15H22N2.ClH/c1-2-7-14-13(5-1)6-3-8-15(14)17-11-4-9-16-10-12-17;/h1-2,5,7,15-16H,3-4,6,8-12H2;1H. The Hall–Kier alpha value is -0.570. The highest BCUT2D eigenvalue weighted by Crippen LogP contribution is 2.34. The molecule has 1 saturated heterocycles. The Kier molecular flexibility index (Phi) is 5.04. The molecule has 2 aliphatic rings. The molecule has 3 rings (SSSR count). The molecule has 1 atom stereocenters. The number of halogens is 1. The molecule has 0 bridgehead atoms. The quantitative estimate of drug-likeness (QED) is 0.841. The van der Waals surface area contributed by atoms with E-state index in [9.17, 15) is 0 Å². The van der Waals surface area contributed by atoms with Crippen molar-refractivity contribution in [1.29, 1.82) is 0 Å². The molecule has 1 fully saturated rings. The van der Waals surface area contributed by atoms with Crippen LogP contribution in [0.1, 0.15) is 36.4 Å². The number of nitrogens with one attached hydrogen (secondary N) is 1. The van der Waals surface area contributed by atoms with Crippen molar-refractivity contribution in [3.63, 3.8) is 0 Å². The van der Waals surface area contributed by atoms with Crippen LogP contribution >= 0.6 is 12.4 Å². The lowest BCUT2D eigenvalue weighted by molar-refractivity contribution is 0.190. The summed E-state index contributed by atoms with van der Waals surface area (Å²) in [6.07, 6.45) is 5.26. The maximum Gasteiger partial charge on any atom is 0.0351 e. The van der Waals surface area contributed by atoms with Gasteiger partial charge in [0.25, 0.3) is 0 Å². The molecule has 0 amide bonds. The van der Waals surface area contributed by atoms with Crippen molar-refractivity contribution in [2.45, 2.75) is 31.7 Å². The second-order valence-corrected chi connectivity index (χ2v) is 5.25. The van der Waals surface area contributed by atoms with Crippen molar-refractivity contribution >= 4 is 12.4 Å². The number of fused-ring (bicyclic) bond motifs is 1. The van der Waals surface area contributed by atoms with Crippen LogP contribution in [0.4, 0.5) is 0 Å². The van der Waals surface area contributed by atoms with Crippen molar-refractivity contribution < 1.29 is 0 Å². The van der Waals surface area contributed by atoms with Crippen LogP contribution in [0, 0.1) is 0 Å². The van der Waals surface area contributed by atoms with Gasteiger partial charge in [-0.1, -0.05) is 24.3 Å². The van der Waals surface area contributed by atoms with Gasteiger partial charge in [0.2, 0.25) is 0 Å². The number of nitrogens with zero attached hydrogens (tertiary/aromatic N) is 1.